The highest BCUT2D eigenvalue weighted by Crippen LogP contribution is 2.38. The molecule has 0 unspecified atom stereocenters. The number of hydrogen-bond acceptors (Lipinski definition) is 5. The van der Waals surface area contributed by atoms with E-state index in [0.29, 0.717) is 12.3 Å². The maximum Gasteiger partial charge on any atom is 0.287 e. The van der Waals surface area contributed by atoms with Gasteiger partial charge in [-0.05, 0) is 43.1 Å². The molecule has 142 valence electrons. The molecule has 0 saturated carbocycles. The molecular weight excluding hydrogens is 362 g/mol. The summed E-state index contributed by atoms with van der Waals surface area (Å²) in [6, 6.07) is 5.57. The van der Waals surface area contributed by atoms with Gasteiger partial charge in [0.25, 0.3) is 5.91 Å². The number of fused-ring (bicyclic) bond motifs is 1. The zero-order valence-electron chi connectivity index (χ0n) is 15.6. The molecule has 27 heavy (non-hydrogen) atoms. The predicted molar refractivity (Wildman–Crippen MR) is 107 cm³/mol. The molecule has 0 saturated heterocycles. The highest BCUT2D eigenvalue weighted by atomic mass is 32.1. The lowest BCUT2D eigenvalue weighted by molar-refractivity contribution is 0.0918. The number of rotatable bonds is 4. The van der Waals surface area contributed by atoms with Gasteiger partial charge in [0, 0.05) is 23.7 Å². The number of hydrogen-bond donors (Lipinski definition) is 3. The Hall–Kier alpha value is -2.74. The molecule has 3 rings (SSSR count). The van der Waals surface area contributed by atoms with Crippen molar-refractivity contribution >= 4 is 28.9 Å². The number of carbonyl (C=O) groups is 1. The zero-order valence-corrected chi connectivity index (χ0v) is 16.4. The van der Waals surface area contributed by atoms with Crippen LogP contribution in [0.5, 0.6) is 0 Å². The van der Waals surface area contributed by atoms with Gasteiger partial charge in [-0.25, -0.2) is 0 Å². The summed E-state index contributed by atoms with van der Waals surface area (Å²) in [6.45, 7) is 6.46. The van der Waals surface area contributed by atoms with Crippen LogP contribution in [0.25, 0.3) is 0 Å². The van der Waals surface area contributed by atoms with Crippen LogP contribution in [-0.4, -0.2) is 21.7 Å². The molecule has 2 aromatic heterocycles. The van der Waals surface area contributed by atoms with Crippen LogP contribution in [0.4, 0.5) is 0 Å². The zero-order chi connectivity index (χ0) is 19.6. The Balaban J connectivity index is 1.88. The Labute approximate surface area is 163 Å². The molecule has 1 aliphatic carbocycles. The largest absolute Gasteiger partial charge is 0.455 e. The van der Waals surface area contributed by atoms with Gasteiger partial charge in [0.2, 0.25) is 0 Å². The molecule has 0 fully saturated rings. The molecule has 2 heterocycles. The number of pyridine rings is 1. The van der Waals surface area contributed by atoms with Crippen LogP contribution in [-0.2, 0) is 13.0 Å². The van der Waals surface area contributed by atoms with E-state index in [-0.39, 0.29) is 16.4 Å². The first-order chi connectivity index (χ1) is 12.8. The second-order valence-corrected chi connectivity index (χ2v) is 7.85. The average Bonchev–Trinajstić information content (AvgIpc) is 2.93. The third-order valence-corrected chi connectivity index (χ3v) is 4.55. The molecule has 7 nitrogen and oxygen atoms in total. The fraction of sp³-hybridized carbons (Fsp3) is 0.368. The molecule has 0 radical (unpaired) electrons. The van der Waals surface area contributed by atoms with Gasteiger partial charge in [-0.2, -0.15) is 5.10 Å². The highest BCUT2D eigenvalue weighted by molar-refractivity contribution is 7.80. The van der Waals surface area contributed by atoms with Crippen LogP contribution >= 0.6 is 12.2 Å². The molecule has 1 aliphatic rings. The van der Waals surface area contributed by atoms with Gasteiger partial charge >= 0.3 is 0 Å². The number of hydrazone groups is 1. The lowest BCUT2D eigenvalue weighted by Crippen LogP contribution is -2.31. The van der Waals surface area contributed by atoms with Crippen molar-refractivity contribution in [2.45, 2.75) is 40.2 Å². The minimum Gasteiger partial charge on any atom is -0.455 e. The van der Waals surface area contributed by atoms with Crippen molar-refractivity contribution in [1.29, 1.82) is 0 Å². The molecule has 0 atom stereocenters. The van der Waals surface area contributed by atoms with Gasteiger partial charge in [-0.3, -0.25) is 15.2 Å². The Bertz CT molecular complexity index is 902. The van der Waals surface area contributed by atoms with E-state index in [2.05, 4.69) is 34.7 Å². The number of carbonyl (C=O) groups excluding carboxylic acids is 1. The van der Waals surface area contributed by atoms with E-state index in [0.717, 1.165) is 41.1 Å². The minimum atomic E-state index is -0.271. The molecule has 8 heteroatoms. The summed E-state index contributed by atoms with van der Waals surface area (Å²) in [5.74, 6) is 0.791. The monoisotopic (exact) mass is 385 g/mol. The van der Waals surface area contributed by atoms with E-state index in [1.54, 1.807) is 6.20 Å². The van der Waals surface area contributed by atoms with Gasteiger partial charge in [0.15, 0.2) is 10.9 Å². The molecule has 1 amide bonds. The highest BCUT2D eigenvalue weighted by Gasteiger charge is 2.36. The Kier molecular flexibility index (Phi) is 5.27. The van der Waals surface area contributed by atoms with Crippen molar-refractivity contribution in [3.8, 4) is 0 Å². The summed E-state index contributed by atoms with van der Waals surface area (Å²) in [5.41, 5.74) is 11.3. The molecular formula is C19H23N5O2S. The number of furan rings is 1. The second-order valence-electron chi connectivity index (χ2n) is 7.41. The fourth-order valence-corrected chi connectivity index (χ4v) is 3.35. The van der Waals surface area contributed by atoms with Crippen molar-refractivity contribution in [1.82, 2.24) is 15.7 Å². The van der Waals surface area contributed by atoms with Crippen molar-refractivity contribution in [2.75, 3.05) is 0 Å². The van der Waals surface area contributed by atoms with Gasteiger partial charge in [-0.1, -0.05) is 19.9 Å². The standard InChI is InChI=1S/C19H23N5O2S/c1-11-15-13(23-24-18(20)27)8-19(2,3)9-14(15)26-16(11)17(25)22-10-12-6-4-5-7-21-12/h4-7H,8-10H2,1-3H3,(H,22,25)(H3,20,24,27)/b23-13-. The van der Waals surface area contributed by atoms with Crippen molar-refractivity contribution < 1.29 is 9.21 Å². The smallest absolute Gasteiger partial charge is 0.287 e. The number of amides is 1. The van der Waals surface area contributed by atoms with E-state index >= 15 is 0 Å². The first kappa shape index (κ1) is 19.0. The van der Waals surface area contributed by atoms with E-state index < -0.39 is 0 Å². The van der Waals surface area contributed by atoms with Crippen LogP contribution in [0.3, 0.4) is 0 Å². The van der Waals surface area contributed by atoms with Crippen LogP contribution in [0.2, 0.25) is 0 Å². The van der Waals surface area contributed by atoms with Gasteiger partial charge in [0.1, 0.15) is 5.76 Å². The van der Waals surface area contributed by atoms with Crippen LogP contribution in [0.1, 0.15) is 53.4 Å². The quantitative estimate of drug-likeness (QED) is 0.551. The van der Waals surface area contributed by atoms with Crippen molar-refractivity contribution in [3.05, 3.63) is 52.7 Å². The van der Waals surface area contributed by atoms with Gasteiger partial charge in [-0.15, -0.1) is 0 Å². The third-order valence-electron chi connectivity index (χ3n) is 4.46. The summed E-state index contributed by atoms with van der Waals surface area (Å²) in [7, 11) is 0. The van der Waals surface area contributed by atoms with Gasteiger partial charge < -0.3 is 15.5 Å². The van der Waals surface area contributed by atoms with E-state index in [1.807, 2.05) is 25.1 Å². The predicted octanol–water partition coefficient (Wildman–Crippen LogP) is 2.42. The second kappa shape index (κ2) is 7.48. The van der Waals surface area contributed by atoms with Crippen LogP contribution < -0.4 is 16.5 Å². The SMILES string of the molecule is Cc1c(C(=O)NCc2ccccn2)oc2c1/C(=N\NC(N)=S)CC(C)(C)C2. The van der Waals surface area contributed by atoms with E-state index in [4.69, 9.17) is 22.4 Å². The maximum atomic E-state index is 12.7. The topological polar surface area (TPSA) is 106 Å². The maximum absolute atomic E-state index is 12.7. The number of nitrogens with two attached hydrogens (primary N) is 1. The lowest BCUT2D eigenvalue weighted by Gasteiger charge is -2.29. The molecule has 4 N–H and O–H groups in total. The fourth-order valence-electron chi connectivity index (χ4n) is 3.30. The molecule has 0 aromatic carbocycles. The summed E-state index contributed by atoms with van der Waals surface area (Å²) in [6.07, 6.45) is 3.14. The molecule has 0 bridgehead atoms. The number of nitrogens with zero attached hydrogens (tertiary/aromatic N) is 2. The normalized spacial score (nSPS) is 16.6. The van der Waals surface area contributed by atoms with Crippen LogP contribution in [0, 0.1) is 12.3 Å². The number of nitrogens with one attached hydrogen (secondary N) is 2. The van der Waals surface area contributed by atoms with E-state index in [9.17, 15) is 4.79 Å². The average molecular weight is 385 g/mol. The van der Waals surface area contributed by atoms with Crippen molar-refractivity contribution in [2.24, 2.45) is 16.3 Å². The lowest BCUT2D eigenvalue weighted by atomic mass is 9.75. The molecule has 0 spiro atoms. The first-order valence-corrected chi connectivity index (χ1v) is 9.10. The van der Waals surface area contributed by atoms with Crippen LogP contribution in [0.15, 0.2) is 33.9 Å². The summed E-state index contributed by atoms with van der Waals surface area (Å²) in [4.78, 5) is 16.9. The Morgan fingerprint density at radius 3 is 2.85 bits per heavy atom. The summed E-state index contributed by atoms with van der Waals surface area (Å²) < 4.78 is 5.95. The number of thiocarbonyl (C=S) groups is 1. The van der Waals surface area contributed by atoms with E-state index in [1.165, 1.54) is 0 Å². The minimum absolute atomic E-state index is 0.0459. The summed E-state index contributed by atoms with van der Waals surface area (Å²) >= 11 is 4.85. The molecule has 2 aromatic rings. The third kappa shape index (κ3) is 4.33. The van der Waals surface area contributed by atoms with Crippen molar-refractivity contribution in [3.63, 3.8) is 0 Å². The summed E-state index contributed by atoms with van der Waals surface area (Å²) in [5, 5.41) is 7.30. The molecule has 0 aliphatic heterocycles. The Morgan fingerprint density at radius 1 is 1.41 bits per heavy atom. The van der Waals surface area contributed by atoms with Gasteiger partial charge in [0.05, 0.1) is 18.0 Å². The number of aromatic nitrogens is 1. The Morgan fingerprint density at radius 2 is 2.19 bits per heavy atom. The first-order valence-electron chi connectivity index (χ1n) is 8.69.